The molecule has 0 saturated heterocycles. The van der Waals surface area contributed by atoms with Gasteiger partial charge in [-0.25, -0.2) is 0 Å². The highest BCUT2D eigenvalue weighted by Crippen LogP contribution is 2.50. The van der Waals surface area contributed by atoms with Gasteiger partial charge in [0.2, 0.25) is 0 Å². The Morgan fingerprint density at radius 1 is 0.352 bits per heavy atom. The molecule has 0 unspecified atom stereocenters. The highest BCUT2D eigenvalue weighted by molar-refractivity contribution is 6.32. The van der Waals surface area contributed by atoms with Crippen molar-refractivity contribution in [1.29, 1.82) is 0 Å². The molecule has 0 saturated carbocycles. The third-order valence-corrected chi connectivity index (χ3v) is 11.4. The molecule has 9 aromatic carbocycles. The van der Waals surface area contributed by atoms with Crippen molar-refractivity contribution in [2.45, 2.75) is 26.2 Å². The molecule has 11 rings (SSSR count). The van der Waals surface area contributed by atoms with Crippen LogP contribution in [-0.4, -0.2) is 0 Å². The molecule has 11 aromatic rings. The number of fused-ring (bicyclic) bond motifs is 3. The Bertz CT molecular complexity index is 3180. The Labute approximate surface area is 313 Å². The first kappa shape index (κ1) is 30.9. The van der Waals surface area contributed by atoms with Crippen molar-refractivity contribution in [3.05, 3.63) is 169 Å². The smallest absolute Gasteiger partial charge is 0.136 e. The van der Waals surface area contributed by atoms with E-state index >= 15 is 0 Å². The van der Waals surface area contributed by atoms with Crippen molar-refractivity contribution < 1.29 is 8.83 Å². The minimum Gasteiger partial charge on any atom is -0.456 e. The molecule has 2 heteroatoms. The first-order chi connectivity index (χ1) is 26.4. The lowest BCUT2D eigenvalue weighted by Crippen LogP contribution is -2.10. The zero-order valence-electron chi connectivity index (χ0n) is 30.4. The second-order valence-corrected chi connectivity index (χ2v) is 15.7. The van der Waals surface area contributed by atoms with Gasteiger partial charge >= 0.3 is 0 Å². The second kappa shape index (κ2) is 11.4. The Balaban J connectivity index is 1.32. The summed E-state index contributed by atoms with van der Waals surface area (Å²) in [5, 5.41) is 11.9. The fourth-order valence-electron chi connectivity index (χ4n) is 8.71. The summed E-state index contributed by atoms with van der Waals surface area (Å²) in [6, 6.07) is 59.4. The van der Waals surface area contributed by atoms with Gasteiger partial charge in [0.25, 0.3) is 0 Å². The molecule has 0 atom stereocenters. The molecule has 54 heavy (non-hydrogen) atoms. The van der Waals surface area contributed by atoms with E-state index in [-0.39, 0.29) is 5.41 Å². The fourth-order valence-corrected chi connectivity index (χ4v) is 8.71. The van der Waals surface area contributed by atoms with Gasteiger partial charge in [-0.3, -0.25) is 0 Å². The van der Waals surface area contributed by atoms with E-state index in [2.05, 4.69) is 172 Å². The minimum atomic E-state index is 0.0101. The predicted molar refractivity (Wildman–Crippen MR) is 228 cm³/mol. The fraction of sp³-hybridized carbons (Fsp3) is 0.0769. The molecule has 0 aliphatic heterocycles. The standard InChI is InChI=1S/C52H36O2/c1-52(2,3)35-17-10-16-32(26-35)42-29-44(48-27-33-13-5-8-20-46(33)53-48)40-25-23-39-43(37-19-11-15-31-12-4-7-18-36(31)37)30-45(41-24-22-38(42)50(40)51(39)41)49-28-34-14-6-9-21-47(34)54-49/h4-30H,1-3H3. The van der Waals surface area contributed by atoms with Gasteiger partial charge in [-0.1, -0.05) is 148 Å². The van der Waals surface area contributed by atoms with Gasteiger partial charge in [0.1, 0.15) is 22.7 Å². The summed E-state index contributed by atoms with van der Waals surface area (Å²) in [7, 11) is 0. The van der Waals surface area contributed by atoms with Crippen LogP contribution in [0.2, 0.25) is 0 Å². The number of hydrogen-bond donors (Lipinski definition) is 0. The van der Waals surface area contributed by atoms with Crippen LogP contribution in [0.25, 0.3) is 110 Å². The van der Waals surface area contributed by atoms with Gasteiger partial charge in [-0.15, -0.1) is 0 Å². The van der Waals surface area contributed by atoms with E-state index in [1.807, 2.05) is 12.1 Å². The maximum Gasteiger partial charge on any atom is 0.136 e. The molecule has 0 aliphatic carbocycles. The van der Waals surface area contributed by atoms with Crippen LogP contribution >= 0.6 is 0 Å². The van der Waals surface area contributed by atoms with Crippen molar-refractivity contribution in [2.75, 3.05) is 0 Å². The van der Waals surface area contributed by atoms with Crippen LogP contribution in [0.3, 0.4) is 0 Å². The lowest BCUT2D eigenvalue weighted by Gasteiger charge is -2.22. The minimum absolute atomic E-state index is 0.0101. The number of benzene rings is 9. The molecule has 2 nitrogen and oxygen atoms in total. The first-order valence-electron chi connectivity index (χ1n) is 18.7. The molecular weight excluding hydrogens is 657 g/mol. The first-order valence-corrected chi connectivity index (χ1v) is 18.7. The van der Waals surface area contributed by atoms with Crippen molar-refractivity contribution in [3.8, 4) is 44.9 Å². The van der Waals surface area contributed by atoms with E-state index in [4.69, 9.17) is 8.83 Å². The molecule has 256 valence electrons. The topological polar surface area (TPSA) is 26.3 Å². The Morgan fingerprint density at radius 2 is 0.852 bits per heavy atom. The van der Waals surface area contributed by atoms with Crippen LogP contribution in [0.1, 0.15) is 26.3 Å². The van der Waals surface area contributed by atoms with E-state index in [1.165, 1.54) is 70.9 Å². The van der Waals surface area contributed by atoms with E-state index in [0.717, 1.165) is 44.6 Å². The van der Waals surface area contributed by atoms with Gasteiger partial charge in [-0.2, -0.15) is 0 Å². The van der Waals surface area contributed by atoms with Gasteiger partial charge in [-0.05, 0) is 113 Å². The van der Waals surface area contributed by atoms with Gasteiger partial charge in [0.15, 0.2) is 0 Å². The Morgan fingerprint density at radius 3 is 1.46 bits per heavy atom. The maximum absolute atomic E-state index is 6.67. The van der Waals surface area contributed by atoms with E-state index in [0.29, 0.717) is 0 Å². The van der Waals surface area contributed by atoms with Crippen LogP contribution < -0.4 is 0 Å². The molecule has 0 fully saturated rings. The lowest BCUT2D eigenvalue weighted by atomic mass is 9.81. The van der Waals surface area contributed by atoms with Gasteiger partial charge < -0.3 is 8.83 Å². The summed E-state index contributed by atoms with van der Waals surface area (Å²) in [5.41, 5.74) is 10.1. The highest BCUT2D eigenvalue weighted by Gasteiger charge is 2.24. The number of hydrogen-bond acceptors (Lipinski definition) is 2. The SMILES string of the molecule is CC(C)(C)c1cccc(-c2cc(-c3cc4ccccc4o3)c3ccc4c(-c5cccc6ccccc56)cc(-c5cc6ccccc6o5)c5ccc2c3c54)c1. The summed E-state index contributed by atoms with van der Waals surface area (Å²) in [6.07, 6.45) is 0. The third-order valence-electron chi connectivity index (χ3n) is 11.4. The van der Waals surface area contributed by atoms with Crippen LogP contribution in [0, 0.1) is 0 Å². The molecule has 0 aliphatic rings. The van der Waals surface area contributed by atoms with Crippen LogP contribution in [0.15, 0.2) is 173 Å². The zero-order chi connectivity index (χ0) is 36.1. The molecule has 2 heterocycles. The quantitative estimate of drug-likeness (QED) is 0.172. The van der Waals surface area contributed by atoms with E-state index in [1.54, 1.807) is 0 Å². The summed E-state index contributed by atoms with van der Waals surface area (Å²) in [4.78, 5) is 0. The average Bonchev–Trinajstić information content (AvgIpc) is 3.84. The summed E-state index contributed by atoms with van der Waals surface area (Å²) < 4.78 is 13.3. The summed E-state index contributed by atoms with van der Waals surface area (Å²) in [6.45, 7) is 6.85. The monoisotopic (exact) mass is 692 g/mol. The van der Waals surface area contributed by atoms with Gasteiger partial charge in [0, 0.05) is 21.9 Å². The second-order valence-electron chi connectivity index (χ2n) is 15.7. The Hall–Kier alpha value is -6.64. The van der Waals surface area contributed by atoms with Crippen molar-refractivity contribution >= 4 is 65.0 Å². The molecule has 0 amide bonds. The molecule has 0 bridgehead atoms. The predicted octanol–water partition coefficient (Wildman–Crippen LogP) is 15.2. The normalized spacial score (nSPS) is 12.4. The molecule has 0 radical (unpaired) electrons. The zero-order valence-corrected chi connectivity index (χ0v) is 30.4. The molecule has 2 aromatic heterocycles. The lowest BCUT2D eigenvalue weighted by molar-refractivity contribution is 0.590. The Kier molecular flexibility index (Phi) is 6.55. The summed E-state index contributed by atoms with van der Waals surface area (Å²) in [5.74, 6) is 1.74. The van der Waals surface area contributed by atoms with Crippen LogP contribution in [-0.2, 0) is 5.41 Å². The molecule has 0 N–H and O–H groups in total. The number of para-hydroxylation sites is 2. The summed E-state index contributed by atoms with van der Waals surface area (Å²) >= 11 is 0. The number of furan rings is 2. The molecular formula is C52H36O2. The van der Waals surface area contributed by atoms with Crippen molar-refractivity contribution in [3.63, 3.8) is 0 Å². The maximum atomic E-state index is 6.67. The average molecular weight is 693 g/mol. The number of rotatable bonds is 4. The van der Waals surface area contributed by atoms with Crippen LogP contribution in [0.4, 0.5) is 0 Å². The molecule has 0 spiro atoms. The largest absolute Gasteiger partial charge is 0.456 e. The van der Waals surface area contributed by atoms with Crippen molar-refractivity contribution in [2.24, 2.45) is 0 Å². The van der Waals surface area contributed by atoms with Crippen LogP contribution in [0.5, 0.6) is 0 Å². The van der Waals surface area contributed by atoms with E-state index in [9.17, 15) is 0 Å². The highest BCUT2D eigenvalue weighted by atomic mass is 16.3. The van der Waals surface area contributed by atoms with Crippen molar-refractivity contribution in [1.82, 2.24) is 0 Å². The van der Waals surface area contributed by atoms with E-state index < -0.39 is 0 Å². The van der Waals surface area contributed by atoms with Gasteiger partial charge in [0.05, 0.1) is 0 Å². The third kappa shape index (κ3) is 4.66.